The first-order valence-corrected chi connectivity index (χ1v) is 7.61. The van der Waals surface area contributed by atoms with Crippen LogP contribution in [0, 0.1) is 11.8 Å². The second-order valence-electron chi connectivity index (χ2n) is 5.86. The van der Waals surface area contributed by atoms with Gasteiger partial charge in [0.25, 0.3) is 0 Å². The van der Waals surface area contributed by atoms with Gasteiger partial charge in [-0.3, -0.25) is 0 Å². The van der Waals surface area contributed by atoms with Gasteiger partial charge in [0, 0.05) is 0 Å². The normalized spacial score (nSPS) is 38.9. The Morgan fingerprint density at radius 3 is 2.47 bits per heavy atom. The predicted molar refractivity (Wildman–Crippen MR) is 73.1 cm³/mol. The number of hydrogen-bond donors (Lipinski definition) is 0. The maximum absolute atomic E-state index is 6.22. The summed E-state index contributed by atoms with van der Waals surface area (Å²) in [6.45, 7) is 4.40. The molecule has 1 heterocycles. The Labute approximate surface area is 107 Å². The molecule has 1 nitrogen and oxygen atoms in total. The zero-order valence-corrected chi connectivity index (χ0v) is 11.5. The summed E-state index contributed by atoms with van der Waals surface area (Å²) < 4.78 is 6.22. The van der Waals surface area contributed by atoms with Crippen molar-refractivity contribution >= 4 is 0 Å². The third-order valence-electron chi connectivity index (χ3n) is 4.56. The van der Waals surface area contributed by atoms with Crippen LogP contribution in [0.2, 0.25) is 0 Å². The SMILES string of the molecule is C/C=C/C1CCC(C2CCC(CCC)O2)CC1. The van der Waals surface area contributed by atoms with Crippen molar-refractivity contribution < 1.29 is 4.74 Å². The Kier molecular flexibility index (Phi) is 5.09. The lowest BCUT2D eigenvalue weighted by Gasteiger charge is -2.31. The van der Waals surface area contributed by atoms with Crippen molar-refractivity contribution in [2.75, 3.05) is 0 Å². The fourth-order valence-corrected chi connectivity index (χ4v) is 3.60. The highest BCUT2D eigenvalue weighted by Gasteiger charge is 2.33. The lowest BCUT2D eigenvalue weighted by molar-refractivity contribution is -0.00524. The Morgan fingerprint density at radius 1 is 1.06 bits per heavy atom. The standard InChI is InChI=1S/C16H28O/c1-3-5-13-7-9-14(10-8-13)16-12-11-15(17-16)6-4-2/h3,5,13-16H,4,6-12H2,1-2H3/b5-3+. The molecule has 1 heteroatoms. The molecule has 2 unspecified atom stereocenters. The highest BCUT2D eigenvalue weighted by Crippen LogP contribution is 2.37. The van der Waals surface area contributed by atoms with Crippen LogP contribution in [0.15, 0.2) is 12.2 Å². The topological polar surface area (TPSA) is 9.23 Å². The number of allylic oxidation sites excluding steroid dienone is 2. The van der Waals surface area contributed by atoms with E-state index in [-0.39, 0.29) is 0 Å². The maximum atomic E-state index is 6.22. The number of hydrogen-bond acceptors (Lipinski definition) is 1. The fraction of sp³-hybridized carbons (Fsp3) is 0.875. The van der Waals surface area contributed by atoms with Crippen LogP contribution >= 0.6 is 0 Å². The summed E-state index contributed by atoms with van der Waals surface area (Å²) in [5.41, 5.74) is 0. The van der Waals surface area contributed by atoms with E-state index in [4.69, 9.17) is 4.74 Å². The van der Waals surface area contributed by atoms with E-state index in [1.54, 1.807) is 0 Å². The van der Waals surface area contributed by atoms with Gasteiger partial charge in [-0.2, -0.15) is 0 Å². The van der Waals surface area contributed by atoms with Gasteiger partial charge in [-0.25, -0.2) is 0 Å². The van der Waals surface area contributed by atoms with Crippen LogP contribution < -0.4 is 0 Å². The zero-order valence-electron chi connectivity index (χ0n) is 11.5. The van der Waals surface area contributed by atoms with E-state index in [0.29, 0.717) is 12.2 Å². The lowest BCUT2D eigenvalue weighted by Crippen LogP contribution is -2.25. The highest BCUT2D eigenvalue weighted by molar-refractivity contribution is 4.91. The minimum Gasteiger partial charge on any atom is -0.375 e. The van der Waals surface area contributed by atoms with Crippen molar-refractivity contribution in [1.29, 1.82) is 0 Å². The zero-order chi connectivity index (χ0) is 12.1. The third kappa shape index (κ3) is 3.58. The highest BCUT2D eigenvalue weighted by atomic mass is 16.5. The van der Waals surface area contributed by atoms with Gasteiger partial charge in [0.2, 0.25) is 0 Å². The van der Waals surface area contributed by atoms with Crippen molar-refractivity contribution in [1.82, 2.24) is 0 Å². The van der Waals surface area contributed by atoms with Gasteiger partial charge in [0.15, 0.2) is 0 Å². The van der Waals surface area contributed by atoms with Crippen LogP contribution in [-0.2, 0) is 4.74 Å². The first-order valence-electron chi connectivity index (χ1n) is 7.61. The summed E-state index contributed by atoms with van der Waals surface area (Å²) >= 11 is 0. The van der Waals surface area contributed by atoms with Crippen LogP contribution in [-0.4, -0.2) is 12.2 Å². The molecule has 98 valence electrons. The van der Waals surface area contributed by atoms with E-state index in [0.717, 1.165) is 11.8 Å². The van der Waals surface area contributed by atoms with Crippen LogP contribution in [0.1, 0.15) is 65.2 Å². The molecule has 0 amide bonds. The smallest absolute Gasteiger partial charge is 0.0608 e. The summed E-state index contributed by atoms with van der Waals surface area (Å²) in [5, 5.41) is 0. The molecule has 0 radical (unpaired) electrons. The largest absolute Gasteiger partial charge is 0.375 e. The van der Waals surface area contributed by atoms with E-state index in [1.165, 1.54) is 51.4 Å². The Hall–Kier alpha value is -0.300. The van der Waals surface area contributed by atoms with E-state index in [1.807, 2.05) is 0 Å². The summed E-state index contributed by atoms with van der Waals surface area (Å²) in [6.07, 6.45) is 16.5. The molecule has 2 atom stereocenters. The molecule has 2 aliphatic rings. The van der Waals surface area contributed by atoms with Crippen LogP contribution in [0.25, 0.3) is 0 Å². The van der Waals surface area contributed by atoms with Crippen LogP contribution in [0.3, 0.4) is 0 Å². The molecular formula is C16H28O. The number of rotatable bonds is 4. The predicted octanol–water partition coefficient (Wildman–Crippen LogP) is 4.72. The van der Waals surface area contributed by atoms with Gasteiger partial charge in [-0.1, -0.05) is 25.5 Å². The lowest BCUT2D eigenvalue weighted by atomic mass is 9.79. The Balaban J connectivity index is 1.74. The summed E-state index contributed by atoms with van der Waals surface area (Å²) in [7, 11) is 0. The summed E-state index contributed by atoms with van der Waals surface area (Å²) in [4.78, 5) is 0. The quantitative estimate of drug-likeness (QED) is 0.642. The van der Waals surface area contributed by atoms with Crippen molar-refractivity contribution in [3.05, 3.63) is 12.2 Å². The summed E-state index contributed by atoms with van der Waals surface area (Å²) in [5.74, 6) is 1.71. The van der Waals surface area contributed by atoms with Gasteiger partial charge in [0.05, 0.1) is 12.2 Å². The first kappa shape index (κ1) is 13.1. The molecule has 2 rings (SSSR count). The molecule has 1 aliphatic heterocycles. The minimum absolute atomic E-state index is 0.582. The van der Waals surface area contributed by atoms with Gasteiger partial charge in [-0.15, -0.1) is 0 Å². The molecule has 0 aromatic heterocycles. The van der Waals surface area contributed by atoms with E-state index in [9.17, 15) is 0 Å². The Morgan fingerprint density at radius 2 is 1.82 bits per heavy atom. The Bertz CT molecular complexity index is 238. The molecule has 17 heavy (non-hydrogen) atoms. The second-order valence-corrected chi connectivity index (χ2v) is 5.86. The van der Waals surface area contributed by atoms with Crippen LogP contribution in [0.4, 0.5) is 0 Å². The van der Waals surface area contributed by atoms with Crippen molar-refractivity contribution in [2.45, 2.75) is 77.4 Å². The molecule has 0 spiro atoms. The van der Waals surface area contributed by atoms with Gasteiger partial charge in [-0.05, 0) is 63.7 Å². The van der Waals surface area contributed by atoms with E-state index >= 15 is 0 Å². The molecule has 0 aromatic carbocycles. The van der Waals surface area contributed by atoms with Crippen molar-refractivity contribution in [3.8, 4) is 0 Å². The average molecular weight is 236 g/mol. The minimum atomic E-state index is 0.582. The molecule has 1 saturated heterocycles. The van der Waals surface area contributed by atoms with Gasteiger partial charge < -0.3 is 4.74 Å². The van der Waals surface area contributed by atoms with E-state index in [2.05, 4.69) is 26.0 Å². The monoisotopic (exact) mass is 236 g/mol. The van der Waals surface area contributed by atoms with Crippen molar-refractivity contribution in [3.63, 3.8) is 0 Å². The fourth-order valence-electron chi connectivity index (χ4n) is 3.60. The average Bonchev–Trinajstić information content (AvgIpc) is 2.80. The van der Waals surface area contributed by atoms with Gasteiger partial charge in [0.1, 0.15) is 0 Å². The molecule has 2 fully saturated rings. The molecule has 1 saturated carbocycles. The molecule has 0 aromatic rings. The molecular weight excluding hydrogens is 208 g/mol. The maximum Gasteiger partial charge on any atom is 0.0608 e. The molecule has 0 N–H and O–H groups in total. The third-order valence-corrected chi connectivity index (χ3v) is 4.56. The summed E-state index contributed by atoms with van der Waals surface area (Å²) in [6, 6.07) is 0. The second kappa shape index (κ2) is 6.58. The molecule has 0 bridgehead atoms. The molecule has 1 aliphatic carbocycles. The first-order chi connectivity index (χ1) is 8.33. The number of ether oxygens (including phenoxy) is 1. The van der Waals surface area contributed by atoms with Gasteiger partial charge >= 0.3 is 0 Å². The van der Waals surface area contributed by atoms with Crippen LogP contribution in [0.5, 0.6) is 0 Å². The van der Waals surface area contributed by atoms with E-state index < -0.39 is 0 Å². The van der Waals surface area contributed by atoms with Crippen molar-refractivity contribution in [2.24, 2.45) is 11.8 Å².